The van der Waals surface area contributed by atoms with Gasteiger partial charge in [-0.1, -0.05) is 30.3 Å². The lowest BCUT2D eigenvalue weighted by Crippen LogP contribution is -2.49. The molecule has 1 atom stereocenters. The predicted molar refractivity (Wildman–Crippen MR) is 79.4 cm³/mol. The van der Waals surface area contributed by atoms with Gasteiger partial charge in [-0.25, -0.2) is 0 Å². The smallest absolute Gasteiger partial charge is 0.251 e. The molecule has 0 aliphatic carbocycles. The average Bonchev–Trinajstić information content (AvgIpc) is 2.55. The summed E-state index contributed by atoms with van der Waals surface area (Å²) in [6.07, 6.45) is 0.172. The normalized spacial score (nSPS) is 11.5. The summed E-state index contributed by atoms with van der Waals surface area (Å²) in [7, 11) is 1.53. The van der Waals surface area contributed by atoms with Crippen LogP contribution in [0.3, 0.4) is 0 Å². The summed E-state index contributed by atoms with van der Waals surface area (Å²) >= 11 is 0. The number of hydrogen-bond donors (Lipinski definition) is 1. The average molecular weight is 298 g/mol. The van der Waals surface area contributed by atoms with Crippen LogP contribution >= 0.6 is 0 Å². The number of benzene rings is 2. The molecule has 0 spiro atoms. The van der Waals surface area contributed by atoms with Crippen LogP contribution in [-0.2, 0) is 11.2 Å². The van der Waals surface area contributed by atoms with E-state index in [1.807, 2.05) is 18.2 Å². The lowest BCUT2D eigenvalue weighted by molar-refractivity contribution is -0.308. The SMILES string of the molecule is COc1ccc(C(=O)N[C@@H](Cc2ccccc2)C(=O)[O-])cc1. The second kappa shape index (κ2) is 7.26. The number of carbonyl (C=O) groups excluding carboxylic acids is 2. The van der Waals surface area contributed by atoms with Crippen molar-refractivity contribution in [3.63, 3.8) is 0 Å². The van der Waals surface area contributed by atoms with Crippen molar-refractivity contribution in [1.82, 2.24) is 5.32 Å². The Kier molecular flexibility index (Phi) is 5.14. The molecule has 0 heterocycles. The van der Waals surface area contributed by atoms with Gasteiger partial charge in [-0.05, 0) is 36.2 Å². The quantitative estimate of drug-likeness (QED) is 0.855. The highest BCUT2D eigenvalue weighted by Gasteiger charge is 2.15. The van der Waals surface area contributed by atoms with Crippen LogP contribution in [-0.4, -0.2) is 25.0 Å². The van der Waals surface area contributed by atoms with Crippen molar-refractivity contribution in [2.45, 2.75) is 12.5 Å². The highest BCUT2D eigenvalue weighted by atomic mass is 16.5. The molecule has 114 valence electrons. The fraction of sp³-hybridized carbons (Fsp3) is 0.176. The molecule has 0 saturated heterocycles. The zero-order valence-corrected chi connectivity index (χ0v) is 12.1. The van der Waals surface area contributed by atoms with Crippen LogP contribution in [0.4, 0.5) is 0 Å². The molecule has 22 heavy (non-hydrogen) atoms. The van der Waals surface area contributed by atoms with E-state index in [4.69, 9.17) is 4.74 Å². The van der Waals surface area contributed by atoms with Gasteiger partial charge in [0, 0.05) is 5.56 Å². The van der Waals surface area contributed by atoms with Gasteiger partial charge in [0.2, 0.25) is 0 Å². The molecule has 0 unspecified atom stereocenters. The lowest BCUT2D eigenvalue weighted by Gasteiger charge is -2.20. The first kappa shape index (κ1) is 15.6. The third-order valence-electron chi connectivity index (χ3n) is 3.22. The topological polar surface area (TPSA) is 78.5 Å². The van der Waals surface area contributed by atoms with Crippen molar-refractivity contribution < 1.29 is 19.4 Å². The second-order valence-electron chi connectivity index (χ2n) is 4.76. The highest BCUT2D eigenvalue weighted by Crippen LogP contribution is 2.11. The molecule has 1 amide bonds. The molecule has 2 aromatic carbocycles. The van der Waals surface area contributed by atoms with Gasteiger partial charge in [0.05, 0.1) is 19.1 Å². The van der Waals surface area contributed by atoms with E-state index in [9.17, 15) is 14.7 Å². The fourth-order valence-corrected chi connectivity index (χ4v) is 2.03. The first-order valence-electron chi connectivity index (χ1n) is 6.80. The molecule has 0 saturated carbocycles. The molecule has 2 rings (SSSR count). The largest absolute Gasteiger partial charge is 0.548 e. The highest BCUT2D eigenvalue weighted by molar-refractivity contribution is 5.96. The summed E-state index contributed by atoms with van der Waals surface area (Å²) in [6, 6.07) is 14.4. The molecule has 1 N–H and O–H groups in total. The number of nitrogens with one attached hydrogen (secondary N) is 1. The molecule has 5 nitrogen and oxygen atoms in total. The number of carbonyl (C=O) groups is 2. The summed E-state index contributed by atoms with van der Waals surface area (Å²) in [5.41, 5.74) is 1.17. The summed E-state index contributed by atoms with van der Waals surface area (Å²) in [5, 5.41) is 13.7. The van der Waals surface area contributed by atoms with E-state index in [0.29, 0.717) is 11.3 Å². The summed E-state index contributed by atoms with van der Waals surface area (Å²) in [6.45, 7) is 0. The van der Waals surface area contributed by atoms with Crippen molar-refractivity contribution in [2.75, 3.05) is 7.11 Å². The Balaban J connectivity index is 2.06. The van der Waals surface area contributed by atoms with E-state index in [0.717, 1.165) is 5.56 Å². The van der Waals surface area contributed by atoms with Crippen molar-refractivity contribution >= 4 is 11.9 Å². The maximum absolute atomic E-state index is 12.1. The summed E-state index contributed by atoms with van der Waals surface area (Å²) in [5.74, 6) is -1.16. The number of aliphatic carboxylic acids is 1. The van der Waals surface area contributed by atoms with Gasteiger partial charge in [-0.2, -0.15) is 0 Å². The fourth-order valence-electron chi connectivity index (χ4n) is 2.03. The third kappa shape index (κ3) is 4.09. The van der Waals surface area contributed by atoms with E-state index in [1.54, 1.807) is 36.4 Å². The predicted octanol–water partition coefficient (Wildman–Crippen LogP) is 0.786. The maximum Gasteiger partial charge on any atom is 0.251 e. The zero-order chi connectivity index (χ0) is 15.9. The van der Waals surface area contributed by atoms with Crippen LogP contribution in [0.1, 0.15) is 15.9 Å². The molecule has 0 aliphatic heterocycles. The van der Waals surface area contributed by atoms with Gasteiger partial charge >= 0.3 is 0 Å². The lowest BCUT2D eigenvalue weighted by atomic mass is 10.1. The van der Waals surface area contributed by atoms with Gasteiger partial charge in [-0.3, -0.25) is 4.79 Å². The number of carboxylic acid groups (broad SMARTS) is 1. The van der Waals surface area contributed by atoms with Crippen molar-refractivity contribution in [2.24, 2.45) is 0 Å². The number of ether oxygens (including phenoxy) is 1. The summed E-state index contributed by atoms with van der Waals surface area (Å²) in [4.78, 5) is 23.3. The Morgan fingerprint density at radius 1 is 1.09 bits per heavy atom. The van der Waals surface area contributed by atoms with Crippen LogP contribution < -0.4 is 15.2 Å². The molecular weight excluding hydrogens is 282 g/mol. The van der Waals surface area contributed by atoms with Crippen LogP contribution in [0.25, 0.3) is 0 Å². The van der Waals surface area contributed by atoms with Crippen LogP contribution in [0.5, 0.6) is 5.75 Å². The van der Waals surface area contributed by atoms with Gasteiger partial charge in [0.25, 0.3) is 5.91 Å². The molecule has 0 aliphatic rings. The minimum absolute atomic E-state index is 0.172. The van der Waals surface area contributed by atoms with E-state index in [1.165, 1.54) is 7.11 Å². The standard InChI is InChI=1S/C17H17NO4/c1-22-14-9-7-13(8-10-14)16(19)18-15(17(20)21)11-12-5-3-2-4-6-12/h2-10,15H,11H2,1H3,(H,18,19)(H,20,21)/p-1/t15-/m0/s1. The molecule has 5 heteroatoms. The van der Waals surface area contributed by atoms with Crippen LogP contribution in [0.2, 0.25) is 0 Å². The Morgan fingerprint density at radius 3 is 2.27 bits per heavy atom. The Hall–Kier alpha value is -2.82. The zero-order valence-electron chi connectivity index (χ0n) is 12.1. The number of rotatable bonds is 6. The second-order valence-corrected chi connectivity index (χ2v) is 4.76. The monoisotopic (exact) mass is 298 g/mol. The van der Waals surface area contributed by atoms with Gasteiger partial charge < -0.3 is 20.0 Å². The number of methoxy groups -OCH3 is 1. The van der Waals surface area contributed by atoms with Crippen molar-refractivity contribution in [3.05, 3.63) is 65.7 Å². The Labute approximate surface area is 128 Å². The van der Waals surface area contributed by atoms with E-state index < -0.39 is 17.9 Å². The molecular formula is C17H16NO4-. The first-order chi connectivity index (χ1) is 10.6. The molecule has 0 fully saturated rings. The van der Waals surface area contributed by atoms with Gasteiger partial charge in [0.15, 0.2) is 0 Å². The number of carboxylic acids is 1. The van der Waals surface area contributed by atoms with Crippen LogP contribution in [0, 0.1) is 0 Å². The maximum atomic E-state index is 12.1. The third-order valence-corrected chi connectivity index (χ3v) is 3.22. The number of hydrogen-bond acceptors (Lipinski definition) is 4. The molecule has 0 aromatic heterocycles. The van der Waals surface area contributed by atoms with E-state index in [-0.39, 0.29) is 6.42 Å². The van der Waals surface area contributed by atoms with Gasteiger partial charge in [0.1, 0.15) is 5.75 Å². The van der Waals surface area contributed by atoms with Crippen LogP contribution in [0.15, 0.2) is 54.6 Å². The van der Waals surface area contributed by atoms with Crippen molar-refractivity contribution in [1.29, 1.82) is 0 Å². The Bertz CT molecular complexity index is 637. The molecule has 0 radical (unpaired) electrons. The Morgan fingerprint density at radius 2 is 1.73 bits per heavy atom. The number of amides is 1. The van der Waals surface area contributed by atoms with E-state index in [2.05, 4.69) is 5.32 Å². The first-order valence-corrected chi connectivity index (χ1v) is 6.80. The minimum atomic E-state index is -1.31. The van der Waals surface area contributed by atoms with Gasteiger partial charge in [-0.15, -0.1) is 0 Å². The molecule has 2 aromatic rings. The minimum Gasteiger partial charge on any atom is -0.548 e. The molecule has 0 bridgehead atoms. The summed E-state index contributed by atoms with van der Waals surface area (Å²) < 4.78 is 5.01. The van der Waals surface area contributed by atoms with E-state index >= 15 is 0 Å². The van der Waals surface area contributed by atoms with Crippen molar-refractivity contribution in [3.8, 4) is 5.75 Å².